The summed E-state index contributed by atoms with van der Waals surface area (Å²) in [6, 6.07) is 6.59. The number of primary amides is 1. The first-order chi connectivity index (χ1) is 14.1. The molecule has 2 aromatic rings. The molecular weight excluding hydrogens is 372 g/mol. The van der Waals surface area contributed by atoms with Crippen LogP contribution < -0.4 is 10.5 Å². The van der Waals surface area contributed by atoms with Crippen molar-refractivity contribution in [2.45, 2.75) is 37.7 Å². The molecule has 2 aliphatic rings. The Hall–Kier alpha value is -3.00. The largest absolute Gasteiger partial charge is 0.437 e. The van der Waals surface area contributed by atoms with E-state index in [1.165, 1.54) is 0 Å². The van der Waals surface area contributed by atoms with E-state index in [9.17, 15) is 9.59 Å². The monoisotopic (exact) mass is 396 g/mol. The molecule has 0 bridgehead atoms. The molecule has 0 unspecified atom stereocenters. The van der Waals surface area contributed by atoms with Crippen LogP contribution in [-0.2, 0) is 9.53 Å². The van der Waals surface area contributed by atoms with E-state index in [2.05, 4.69) is 9.97 Å². The van der Waals surface area contributed by atoms with Crippen LogP contribution in [0.1, 0.15) is 47.7 Å². The minimum absolute atomic E-state index is 0.103. The molecule has 1 aromatic heterocycles. The van der Waals surface area contributed by atoms with Gasteiger partial charge in [-0.05, 0) is 49.9 Å². The lowest BCUT2D eigenvalue weighted by atomic mass is 9.93. The average molecular weight is 396 g/mol. The van der Waals surface area contributed by atoms with Crippen molar-refractivity contribution in [1.82, 2.24) is 14.9 Å². The van der Waals surface area contributed by atoms with Gasteiger partial charge in [0.15, 0.2) is 0 Å². The van der Waals surface area contributed by atoms with Gasteiger partial charge in [0.25, 0.3) is 5.91 Å². The topological polar surface area (TPSA) is 108 Å². The third-order valence-corrected chi connectivity index (χ3v) is 5.44. The molecule has 29 heavy (non-hydrogen) atoms. The first-order valence-corrected chi connectivity index (χ1v) is 9.91. The number of likely N-dealkylation sites (tertiary alicyclic amines) is 1. The summed E-state index contributed by atoms with van der Waals surface area (Å²) in [5, 5.41) is 0. The standard InChI is InChI=1S/C21H24N4O4/c22-19(26)15-3-5-16(6-4-15)29-20-18(23-9-10-24-20)14-7-11-25(12-8-14)21(27)17-2-1-13-28-17/h3-6,9-10,14,17H,1-2,7-8,11-13H2,(H2,22,26)/t17-/m1/s1. The molecule has 1 atom stereocenters. The lowest BCUT2D eigenvalue weighted by Crippen LogP contribution is -2.43. The van der Waals surface area contributed by atoms with Gasteiger partial charge in [0.1, 0.15) is 17.5 Å². The fourth-order valence-corrected chi connectivity index (χ4v) is 3.84. The van der Waals surface area contributed by atoms with Gasteiger partial charge in [0, 0.05) is 43.6 Å². The highest BCUT2D eigenvalue weighted by molar-refractivity contribution is 5.92. The third-order valence-electron chi connectivity index (χ3n) is 5.44. The first kappa shape index (κ1) is 19.3. The van der Waals surface area contributed by atoms with Gasteiger partial charge in [0.2, 0.25) is 11.8 Å². The fourth-order valence-electron chi connectivity index (χ4n) is 3.84. The molecule has 8 nitrogen and oxygen atoms in total. The van der Waals surface area contributed by atoms with Gasteiger partial charge in [-0.2, -0.15) is 0 Å². The smallest absolute Gasteiger partial charge is 0.251 e. The molecule has 0 saturated carbocycles. The second-order valence-electron chi connectivity index (χ2n) is 7.34. The second kappa shape index (κ2) is 8.57. The van der Waals surface area contributed by atoms with Crippen LogP contribution in [0.2, 0.25) is 0 Å². The molecule has 8 heteroatoms. The van der Waals surface area contributed by atoms with Crippen molar-refractivity contribution in [2.75, 3.05) is 19.7 Å². The summed E-state index contributed by atoms with van der Waals surface area (Å²) < 4.78 is 11.5. The van der Waals surface area contributed by atoms with Crippen LogP contribution in [0.3, 0.4) is 0 Å². The van der Waals surface area contributed by atoms with Gasteiger partial charge in [0.05, 0.1) is 0 Å². The molecular formula is C21H24N4O4. The number of rotatable bonds is 5. The van der Waals surface area contributed by atoms with E-state index in [0.29, 0.717) is 36.9 Å². The number of aromatic nitrogens is 2. The molecule has 4 rings (SSSR count). The number of ether oxygens (including phenoxy) is 2. The van der Waals surface area contributed by atoms with Crippen LogP contribution in [0.25, 0.3) is 0 Å². The van der Waals surface area contributed by atoms with Crippen LogP contribution in [-0.4, -0.2) is 52.5 Å². The van der Waals surface area contributed by atoms with Crippen LogP contribution in [0.5, 0.6) is 11.6 Å². The maximum absolute atomic E-state index is 12.5. The van der Waals surface area contributed by atoms with Gasteiger partial charge in [-0.15, -0.1) is 0 Å². The van der Waals surface area contributed by atoms with Gasteiger partial charge in [-0.25, -0.2) is 4.98 Å². The Morgan fingerprint density at radius 2 is 1.79 bits per heavy atom. The minimum Gasteiger partial charge on any atom is -0.437 e. The molecule has 2 N–H and O–H groups in total. The Morgan fingerprint density at radius 1 is 1.07 bits per heavy atom. The highest BCUT2D eigenvalue weighted by Gasteiger charge is 2.32. The Bertz CT molecular complexity index is 873. The number of amides is 2. The SMILES string of the molecule is NC(=O)c1ccc(Oc2nccnc2C2CCN(C(=O)[C@H]3CCCO3)CC2)cc1. The number of nitrogens with zero attached hydrogens (tertiary/aromatic N) is 3. The number of piperidine rings is 1. The maximum Gasteiger partial charge on any atom is 0.251 e. The van der Waals surface area contributed by atoms with E-state index >= 15 is 0 Å². The van der Waals surface area contributed by atoms with Gasteiger partial charge >= 0.3 is 0 Å². The number of hydrogen-bond acceptors (Lipinski definition) is 6. The van der Waals surface area contributed by atoms with Crippen molar-refractivity contribution in [3.63, 3.8) is 0 Å². The van der Waals surface area contributed by atoms with E-state index in [0.717, 1.165) is 31.4 Å². The first-order valence-electron chi connectivity index (χ1n) is 9.91. The molecule has 1 aromatic carbocycles. The van der Waals surface area contributed by atoms with Crippen molar-refractivity contribution >= 4 is 11.8 Å². The molecule has 2 aliphatic heterocycles. The zero-order valence-electron chi connectivity index (χ0n) is 16.1. The van der Waals surface area contributed by atoms with E-state index < -0.39 is 5.91 Å². The summed E-state index contributed by atoms with van der Waals surface area (Å²) in [5.41, 5.74) is 6.48. The summed E-state index contributed by atoms with van der Waals surface area (Å²) in [4.78, 5) is 34.5. The summed E-state index contributed by atoms with van der Waals surface area (Å²) in [7, 11) is 0. The lowest BCUT2D eigenvalue weighted by Gasteiger charge is -2.33. The summed E-state index contributed by atoms with van der Waals surface area (Å²) in [6.45, 7) is 2.02. The van der Waals surface area contributed by atoms with Crippen LogP contribution >= 0.6 is 0 Å². The second-order valence-corrected chi connectivity index (χ2v) is 7.34. The highest BCUT2D eigenvalue weighted by Crippen LogP contribution is 2.34. The number of hydrogen-bond donors (Lipinski definition) is 1. The van der Waals surface area contributed by atoms with Crippen LogP contribution in [0, 0.1) is 0 Å². The van der Waals surface area contributed by atoms with E-state index in [-0.39, 0.29) is 17.9 Å². The minimum atomic E-state index is -0.485. The molecule has 0 aliphatic carbocycles. The van der Waals surface area contributed by atoms with E-state index in [1.807, 2.05) is 4.90 Å². The Balaban J connectivity index is 1.42. The quantitative estimate of drug-likeness (QED) is 0.831. The predicted molar refractivity (Wildman–Crippen MR) is 105 cm³/mol. The van der Waals surface area contributed by atoms with Gasteiger partial charge in [-0.1, -0.05) is 0 Å². The van der Waals surface area contributed by atoms with Crippen molar-refractivity contribution in [3.8, 4) is 11.6 Å². The average Bonchev–Trinajstić information content (AvgIpc) is 3.29. The molecule has 152 valence electrons. The summed E-state index contributed by atoms with van der Waals surface area (Å²) >= 11 is 0. The Morgan fingerprint density at radius 3 is 2.45 bits per heavy atom. The molecule has 2 saturated heterocycles. The predicted octanol–water partition coefficient (Wildman–Crippen LogP) is 2.25. The van der Waals surface area contributed by atoms with Crippen LogP contribution in [0.4, 0.5) is 0 Å². The Kier molecular flexibility index (Phi) is 5.71. The number of carbonyl (C=O) groups is 2. The molecule has 2 fully saturated rings. The zero-order valence-corrected chi connectivity index (χ0v) is 16.1. The Labute approximate surface area is 169 Å². The summed E-state index contributed by atoms with van der Waals surface area (Å²) in [6.07, 6.45) is 6.34. The number of carbonyl (C=O) groups excluding carboxylic acids is 2. The molecule has 0 radical (unpaired) electrons. The van der Waals surface area contributed by atoms with Crippen molar-refractivity contribution < 1.29 is 19.1 Å². The molecule has 3 heterocycles. The maximum atomic E-state index is 12.5. The summed E-state index contributed by atoms with van der Waals surface area (Å²) in [5.74, 6) is 0.787. The highest BCUT2D eigenvalue weighted by atomic mass is 16.5. The van der Waals surface area contributed by atoms with Gasteiger partial charge in [-0.3, -0.25) is 14.6 Å². The number of benzene rings is 1. The lowest BCUT2D eigenvalue weighted by molar-refractivity contribution is -0.142. The van der Waals surface area contributed by atoms with E-state index in [1.54, 1.807) is 36.7 Å². The third kappa shape index (κ3) is 4.37. The van der Waals surface area contributed by atoms with Gasteiger partial charge < -0.3 is 20.1 Å². The zero-order chi connectivity index (χ0) is 20.2. The van der Waals surface area contributed by atoms with Crippen molar-refractivity contribution in [3.05, 3.63) is 47.9 Å². The van der Waals surface area contributed by atoms with Crippen LogP contribution in [0.15, 0.2) is 36.7 Å². The van der Waals surface area contributed by atoms with Crippen molar-refractivity contribution in [2.24, 2.45) is 5.73 Å². The van der Waals surface area contributed by atoms with E-state index in [4.69, 9.17) is 15.2 Å². The van der Waals surface area contributed by atoms with Crippen molar-refractivity contribution in [1.29, 1.82) is 0 Å². The molecule has 0 spiro atoms. The normalized spacial score (nSPS) is 19.9. The fraction of sp³-hybridized carbons (Fsp3) is 0.429. The number of nitrogens with two attached hydrogens (primary N) is 1. The molecule has 2 amide bonds.